The fourth-order valence-electron chi connectivity index (χ4n) is 1.60. The van der Waals surface area contributed by atoms with Crippen molar-refractivity contribution in [2.24, 2.45) is 5.92 Å². The summed E-state index contributed by atoms with van der Waals surface area (Å²) < 4.78 is 0. The van der Waals surface area contributed by atoms with Crippen LogP contribution in [0.4, 0.5) is 0 Å². The van der Waals surface area contributed by atoms with E-state index in [1.54, 1.807) is 0 Å². The average Bonchev–Trinajstić information content (AvgIpc) is 2.15. The maximum atomic E-state index is 8.45. The molecule has 3 rings (SSSR count). The first-order valence-electron chi connectivity index (χ1n) is 3.06. The predicted octanol–water partition coefficient (Wildman–Crippen LogP) is 0.260. The van der Waals surface area contributed by atoms with E-state index < -0.39 is 0 Å². The van der Waals surface area contributed by atoms with E-state index >= 15 is 0 Å². The van der Waals surface area contributed by atoms with Crippen molar-refractivity contribution in [3.05, 3.63) is 0 Å². The second-order valence-corrected chi connectivity index (χ2v) is 2.70. The van der Waals surface area contributed by atoms with E-state index in [4.69, 9.17) is 5.26 Å². The van der Waals surface area contributed by atoms with Gasteiger partial charge in [-0.15, -0.1) is 0 Å². The zero-order chi connectivity index (χ0) is 5.56. The van der Waals surface area contributed by atoms with Crippen LogP contribution >= 0.6 is 0 Å². The first kappa shape index (κ1) is 4.34. The van der Waals surface area contributed by atoms with Crippen LogP contribution < -0.4 is 5.32 Å². The Hall–Kier alpha value is -0.550. The van der Waals surface area contributed by atoms with Crippen molar-refractivity contribution in [2.45, 2.75) is 24.9 Å². The molecule has 42 valence electrons. The molecule has 2 bridgehead atoms. The summed E-state index contributed by atoms with van der Waals surface area (Å²) in [6, 6.07) is 3.14. The molecule has 0 aromatic heterocycles. The third-order valence-corrected chi connectivity index (χ3v) is 2.20. The van der Waals surface area contributed by atoms with E-state index in [9.17, 15) is 0 Å². The quantitative estimate of drug-likeness (QED) is 0.483. The van der Waals surface area contributed by atoms with Crippen LogP contribution in [0, 0.1) is 17.2 Å². The van der Waals surface area contributed by atoms with E-state index in [0.717, 1.165) is 0 Å². The molecule has 2 heterocycles. The number of nitriles is 1. The van der Waals surface area contributed by atoms with Gasteiger partial charge in [-0.05, 0) is 18.8 Å². The molecule has 2 saturated heterocycles. The predicted molar refractivity (Wildman–Crippen MR) is 29.0 cm³/mol. The second kappa shape index (κ2) is 1.24. The van der Waals surface area contributed by atoms with Gasteiger partial charge in [0.15, 0.2) is 0 Å². The number of nitrogens with zero attached hydrogens (tertiary/aromatic N) is 1. The Morgan fingerprint density at radius 3 is 2.50 bits per heavy atom. The molecule has 0 spiro atoms. The Morgan fingerprint density at radius 2 is 2.25 bits per heavy atom. The van der Waals surface area contributed by atoms with Gasteiger partial charge >= 0.3 is 0 Å². The minimum absolute atomic E-state index is 0.194. The Bertz CT molecular complexity index is 141. The Kier molecular flexibility index (Phi) is 0.671. The molecule has 0 aromatic rings. The molecule has 0 aromatic carbocycles. The number of fused-ring (bicyclic) bond motifs is 1. The zero-order valence-corrected chi connectivity index (χ0v) is 4.59. The summed E-state index contributed by atoms with van der Waals surface area (Å²) in [4.78, 5) is 0. The summed E-state index contributed by atoms with van der Waals surface area (Å²) in [6.07, 6.45) is 2.50. The highest BCUT2D eigenvalue weighted by atomic mass is 15.0. The lowest BCUT2D eigenvalue weighted by Crippen LogP contribution is -2.23. The van der Waals surface area contributed by atoms with Crippen molar-refractivity contribution in [3.63, 3.8) is 0 Å². The molecule has 3 fully saturated rings. The lowest BCUT2D eigenvalue weighted by atomic mass is 9.83. The Balaban J connectivity index is 2.12. The van der Waals surface area contributed by atoms with Crippen LogP contribution in [-0.4, -0.2) is 12.1 Å². The van der Waals surface area contributed by atoms with Crippen molar-refractivity contribution < 1.29 is 0 Å². The summed E-state index contributed by atoms with van der Waals surface area (Å²) >= 11 is 0. The first-order chi connectivity index (χ1) is 3.90. The van der Waals surface area contributed by atoms with Crippen LogP contribution in [0.25, 0.3) is 0 Å². The van der Waals surface area contributed by atoms with E-state index in [1.807, 2.05) is 0 Å². The maximum absolute atomic E-state index is 8.45. The monoisotopic (exact) mass is 108 g/mol. The van der Waals surface area contributed by atoms with Gasteiger partial charge < -0.3 is 0 Å². The highest BCUT2D eigenvalue weighted by Gasteiger charge is 2.43. The SMILES string of the molecule is N#CC1NC2CC1C2. The van der Waals surface area contributed by atoms with Crippen LogP contribution in [0.15, 0.2) is 0 Å². The number of nitrogens with one attached hydrogen (secondary N) is 1. The molecule has 0 radical (unpaired) electrons. The normalized spacial score (nSPS) is 50.1. The third kappa shape index (κ3) is 0.354. The second-order valence-electron chi connectivity index (χ2n) is 2.70. The maximum Gasteiger partial charge on any atom is 0.0984 e. The topological polar surface area (TPSA) is 35.8 Å². The highest BCUT2D eigenvalue weighted by molar-refractivity contribution is 5.10. The fraction of sp³-hybridized carbons (Fsp3) is 0.833. The molecule has 2 nitrogen and oxygen atoms in total. The van der Waals surface area contributed by atoms with Gasteiger partial charge in [-0.2, -0.15) is 5.26 Å². The third-order valence-electron chi connectivity index (χ3n) is 2.20. The van der Waals surface area contributed by atoms with Gasteiger partial charge in [0, 0.05) is 6.04 Å². The molecular weight excluding hydrogens is 100 g/mol. The molecule has 8 heavy (non-hydrogen) atoms. The summed E-state index contributed by atoms with van der Waals surface area (Å²) in [6.45, 7) is 0. The van der Waals surface area contributed by atoms with Gasteiger partial charge in [0.2, 0.25) is 0 Å². The van der Waals surface area contributed by atoms with Crippen molar-refractivity contribution in [1.29, 1.82) is 5.26 Å². The van der Waals surface area contributed by atoms with Crippen LogP contribution in [0.3, 0.4) is 0 Å². The molecule has 1 atom stereocenters. The van der Waals surface area contributed by atoms with E-state index in [1.165, 1.54) is 12.8 Å². The van der Waals surface area contributed by atoms with E-state index in [0.29, 0.717) is 12.0 Å². The molecule has 1 N–H and O–H groups in total. The fourth-order valence-corrected chi connectivity index (χ4v) is 1.60. The molecule has 1 aliphatic carbocycles. The zero-order valence-electron chi connectivity index (χ0n) is 4.59. The molecule has 3 aliphatic rings. The molecule has 2 heteroatoms. The van der Waals surface area contributed by atoms with Crippen molar-refractivity contribution in [1.82, 2.24) is 5.32 Å². The number of rotatable bonds is 0. The van der Waals surface area contributed by atoms with Crippen molar-refractivity contribution in [2.75, 3.05) is 0 Å². The van der Waals surface area contributed by atoms with Crippen LogP contribution in [0.1, 0.15) is 12.8 Å². The van der Waals surface area contributed by atoms with Gasteiger partial charge in [0.05, 0.1) is 12.1 Å². The average molecular weight is 108 g/mol. The largest absolute Gasteiger partial charge is 0.299 e. The molecule has 1 unspecified atom stereocenters. The molecule has 0 amide bonds. The standard InChI is InChI=1S/C6H8N2/c7-3-6-4-1-5(2-4)8-6/h4-6,8H,1-2H2. The molecular formula is C6H8N2. The number of hydrogen-bond donors (Lipinski definition) is 1. The van der Waals surface area contributed by atoms with Crippen molar-refractivity contribution in [3.8, 4) is 6.07 Å². The molecule has 2 aliphatic heterocycles. The van der Waals surface area contributed by atoms with Gasteiger partial charge in [-0.3, -0.25) is 5.32 Å². The first-order valence-corrected chi connectivity index (χ1v) is 3.06. The Morgan fingerprint density at radius 1 is 1.50 bits per heavy atom. The number of hydrogen-bond acceptors (Lipinski definition) is 2. The Labute approximate surface area is 48.5 Å². The summed E-state index contributed by atoms with van der Waals surface area (Å²) in [5, 5.41) is 11.7. The lowest BCUT2D eigenvalue weighted by Gasteiger charge is -2.20. The minimum atomic E-state index is 0.194. The van der Waals surface area contributed by atoms with Crippen molar-refractivity contribution >= 4 is 0 Å². The minimum Gasteiger partial charge on any atom is -0.299 e. The van der Waals surface area contributed by atoms with Crippen LogP contribution in [0.5, 0.6) is 0 Å². The van der Waals surface area contributed by atoms with Gasteiger partial charge in [0.1, 0.15) is 0 Å². The highest BCUT2D eigenvalue weighted by Crippen LogP contribution is 2.37. The van der Waals surface area contributed by atoms with Gasteiger partial charge in [-0.25, -0.2) is 0 Å². The summed E-state index contributed by atoms with van der Waals surface area (Å²) in [7, 11) is 0. The lowest BCUT2D eigenvalue weighted by molar-refractivity contribution is 0.363. The van der Waals surface area contributed by atoms with Gasteiger partial charge in [0.25, 0.3) is 0 Å². The smallest absolute Gasteiger partial charge is 0.0984 e. The molecule has 1 saturated carbocycles. The van der Waals surface area contributed by atoms with E-state index in [2.05, 4.69) is 11.4 Å². The van der Waals surface area contributed by atoms with Crippen LogP contribution in [-0.2, 0) is 0 Å². The summed E-state index contributed by atoms with van der Waals surface area (Å²) in [5.41, 5.74) is 0. The van der Waals surface area contributed by atoms with Crippen LogP contribution in [0.2, 0.25) is 0 Å². The van der Waals surface area contributed by atoms with Gasteiger partial charge in [-0.1, -0.05) is 0 Å². The van der Waals surface area contributed by atoms with E-state index in [-0.39, 0.29) is 6.04 Å². The summed E-state index contributed by atoms with van der Waals surface area (Å²) in [5.74, 6) is 0.699.